The summed E-state index contributed by atoms with van der Waals surface area (Å²) in [6, 6.07) is 9.47. The summed E-state index contributed by atoms with van der Waals surface area (Å²) < 4.78 is 0. The first kappa shape index (κ1) is 14.1. The molecule has 3 aromatic rings. The van der Waals surface area contributed by atoms with Gasteiger partial charge in [0.1, 0.15) is 4.88 Å². The summed E-state index contributed by atoms with van der Waals surface area (Å²) >= 11 is 1.18. The quantitative estimate of drug-likeness (QED) is 0.766. The number of anilines is 1. The molecular formula is C13H12N6O2S. The van der Waals surface area contributed by atoms with Crippen molar-refractivity contribution in [1.29, 1.82) is 0 Å². The number of tetrazole rings is 1. The van der Waals surface area contributed by atoms with Crippen molar-refractivity contribution in [2.24, 2.45) is 0 Å². The van der Waals surface area contributed by atoms with E-state index in [2.05, 4.69) is 25.7 Å². The van der Waals surface area contributed by atoms with Crippen LogP contribution in [0.2, 0.25) is 0 Å². The van der Waals surface area contributed by atoms with Gasteiger partial charge in [0.25, 0.3) is 0 Å². The summed E-state index contributed by atoms with van der Waals surface area (Å²) in [5.41, 5.74) is 1.49. The average Bonchev–Trinajstić information content (AvgIpc) is 3.13. The Morgan fingerprint density at radius 2 is 2.14 bits per heavy atom. The van der Waals surface area contributed by atoms with Crippen LogP contribution in [0.25, 0.3) is 22.0 Å². The molecule has 1 amide bonds. The van der Waals surface area contributed by atoms with Crippen molar-refractivity contribution in [2.45, 2.75) is 13.5 Å². The smallest absolute Gasteiger partial charge is 0.410 e. The molecule has 0 aliphatic rings. The maximum atomic E-state index is 10.8. The Kier molecular flexibility index (Phi) is 3.79. The van der Waals surface area contributed by atoms with Crippen molar-refractivity contribution in [2.75, 3.05) is 5.32 Å². The number of aromatic nitrogens is 5. The predicted octanol–water partition coefficient (Wildman–Crippen LogP) is 2.57. The van der Waals surface area contributed by atoms with Crippen LogP contribution < -0.4 is 5.32 Å². The highest BCUT2D eigenvalue weighted by Crippen LogP contribution is 2.37. The third-order valence-corrected chi connectivity index (χ3v) is 3.79. The standard InChI is InChI=1S/C13H12N6O2S/c1-2-19-17-11(16-18-19)10-9(8-6-4-3-5-7-8)14-12(22-10)15-13(20)21/h3-7H,2H2,1H3,(H,14,15)(H,20,21). The fourth-order valence-corrected chi connectivity index (χ4v) is 2.78. The van der Waals surface area contributed by atoms with E-state index in [1.165, 1.54) is 16.1 Å². The third-order valence-electron chi connectivity index (χ3n) is 2.83. The van der Waals surface area contributed by atoms with Crippen LogP contribution >= 0.6 is 11.3 Å². The highest BCUT2D eigenvalue weighted by atomic mass is 32.1. The molecule has 0 saturated carbocycles. The maximum absolute atomic E-state index is 10.8. The Labute approximate surface area is 129 Å². The molecule has 0 saturated heterocycles. The molecule has 0 fully saturated rings. The molecule has 8 nitrogen and oxygen atoms in total. The first-order valence-corrected chi connectivity index (χ1v) is 7.33. The fourth-order valence-electron chi connectivity index (χ4n) is 1.88. The molecule has 0 bridgehead atoms. The average molecular weight is 316 g/mol. The minimum absolute atomic E-state index is 0.272. The van der Waals surface area contributed by atoms with E-state index in [1.54, 1.807) is 0 Å². The lowest BCUT2D eigenvalue weighted by atomic mass is 10.1. The van der Waals surface area contributed by atoms with Gasteiger partial charge in [-0.25, -0.2) is 9.78 Å². The van der Waals surface area contributed by atoms with E-state index in [0.717, 1.165) is 5.56 Å². The lowest BCUT2D eigenvalue weighted by molar-refractivity contribution is 0.209. The number of nitrogens with one attached hydrogen (secondary N) is 1. The normalized spacial score (nSPS) is 10.6. The van der Waals surface area contributed by atoms with Gasteiger partial charge >= 0.3 is 6.09 Å². The van der Waals surface area contributed by atoms with Gasteiger partial charge in [-0.15, -0.1) is 10.2 Å². The Bertz CT molecular complexity index is 798. The van der Waals surface area contributed by atoms with E-state index in [9.17, 15) is 4.79 Å². The van der Waals surface area contributed by atoms with Gasteiger partial charge in [0, 0.05) is 5.56 Å². The zero-order chi connectivity index (χ0) is 15.5. The molecule has 2 heterocycles. The topological polar surface area (TPSA) is 106 Å². The lowest BCUT2D eigenvalue weighted by Crippen LogP contribution is -2.06. The molecule has 0 radical (unpaired) electrons. The number of aryl methyl sites for hydroxylation is 1. The summed E-state index contributed by atoms with van der Waals surface area (Å²) in [5.74, 6) is 0.427. The molecule has 112 valence electrons. The zero-order valence-electron chi connectivity index (χ0n) is 11.6. The molecule has 1 aromatic carbocycles. The molecular weight excluding hydrogens is 304 g/mol. The first-order chi connectivity index (χ1) is 10.7. The largest absolute Gasteiger partial charge is 0.465 e. The van der Waals surface area contributed by atoms with E-state index in [0.29, 0.717) is 22.9 Å². The molecule has 0 aliphatic heterocycles. The molecule has 0 atom stereocenters. The third kappa shape index (κ3) is 2.79. The Hall–Kier alpha value is -2.81. The van der Waals surface area contributed by atoms with Crippen LogP contribution in [0, 0.1) is 0 Å². The minimum atomic E-state index is -1.16. The summed E-state index contributed by atoms with van der Waals surface area (Å²) in [6.45, 7) is 2.51. The van der Waals surface area contributed by atoms with E-state index in [4.69, 9.17) is 5.11 Å². The van der Waals surface area contributed by atoms with Crippen molar-refractivity contribution < 1.29 is 9.90 Å². The highest BCUT2D eigenvalue weighted by molar-refractivity contribution is 7.19. The monoisotopic (exact) mass is 316 g/mol. The number of nitrogens with zero attached hydrogens (tertiary/aromatic N) is 5. The molecule has 3 rings (SSSR count). The first-order valence-electron chi connectivity index (χ1n) is 6.51. The van der Waals surface area contributed by atoms with Gasteiger partial charge in [-0.3, -0.25) is 5.32 Å². The number of carbonyl (C=O) groups is 1. The van der Waals surface area contributed by atoms with Crippen LogP contribution in [0.5, 0.6) is 0 Å². The van der Waals surface area contributed by atoms with Crippen LogP contribution in [0.4, 0.5) is 9.93 Å². The molecule has 0 spiro atoms. The molecule has 0 unspecified atom stereocenters. The van der Waals surface area contributed by atoms with Gasteiger partial charge in [0.2, 0.25) is 5.82 Å². The number of hydrogen-bond acceptors (Lipinski definition) is 6. The second-order valence-electron chi connectivity index (χ2n) is 4.29. The van der Waals surface area contributed by atoms with Gasteiger partial charge in [0.05, 0.1) is 12.2 Å². The number of amides is 1. The van der Waals surface area contributed by atoms with Gasteiger partial charge in [-0.05, 0) is 12.1 Å². The van der Waals surface area contributed by atoms with Gasteiger partial charge in [0.15, 0.2) is 5.13 Å². The SMILES string of the molecule is CCn1nnc(-c2sc(NC(=O)O)nc2-c2ccccc2)n1. The van der Waals surface area contributed by atoms with Crippen molar-refractivity contribution >= 4 is 22.6 Å². The minimum Gasteiger partial charge on any atom is -0.465 e. The van der Waals surface area contributed by atoms with E-state index < -0.39 is 6.09 Å². The van der Waals surface area contributed by atoms with Crippen molar-refractivity contribution in [3.63, 3.8) is 0 Å². The van der Waals surface area contributed by atoms with E-state index >= 15 is 0 Å². The van der Waals surface area contributed by atoms with Crippen LogP contribution in [-0.4, -0.2) is 36.4 Å². The molecule has 9 heteroatoms. The zero-order valence-corrected chi connectivity index (χ0v) is 12.4. The highest BCUT2D eigenvalue weighted by Gasteiger charge is 2.19. The molecule has 22 heavy (non-hydrogen) atoms. The summed E-state index contributed by atoms with van der Waals surface area (Å²) in [7, 11) is 0. The summed E-state index contributed by atoms with van der Waals surface area (Å²) in [6.07, 6.45) is -1.16. The number of hydrogen-bond donors (Lipinski definition) is 2. The van der Waals surface area contributed by atoms with Crippen LogP contribution in [0.3, 0.4) is 0 Å². The Morgan fingerprint density at radius 1 is 1.36 bits per heavy atom. The second kappa shape index (κ2) is 5.90. The number of thiazole rings is 1. The molecule has 2 N–H and O–H groups in total. The Morgan fingerprint density at radius 3 is 2.77 bits per heavy atom. The van der Waals surface area contributed by atoms with Gasteiger partial charge in [-0.2, -0.15) is 4.80 Å². The van der Waals surface area contributed by atoms with E-state index in [-0.39, 0.29) is 5.13 Å². The number of benzene rings is 1. The summed E-state index contributed by atoms with van der Waals surface area (Å²) in [4.78, 5) is 17.3. The fraction of sp³-hybridized carbons (Fsp3) is 0.154. The maximum Gasteiger partial charge on any atom is 0.410 e. The number of rotatable bonds is 4. The van der Waals surface area contributed by atoms with Crippen molar-refractivity contribution in [1.82, 2.24) is 25.2 Å². The molecule has 2 aromatic heterocycles. The summed E-state index contributed by atoms with van der Waals surface area (Å²) in [5, 5.41) is 23.6. The van der Waals surface area contributed by atoms with Crippen LogP contribution in [-0.2, 0) is 6.54 Å². The van der Waals surface area contributed by atoms with Gasteiger partial charge in [-0.1, -0.05) is 41.7 Å². The van der Waals surface area contributed by atoms with E-state index in [1.807, 2.05) is 37.3 Å². The number of carboxylic acid groups (broad SMARTS) is 1. The molecule has 0 aliphatic carbocycles. The lowest BCUT2D eigenvalue weighted by Gasteiger charge is -1.98. The van der Waals surface area contributed by atoms with Crippen LogP contribution in [0.1, 0.15) is 6.92 Å². The predicted molar refractivity (Wildman–Crippen MR) is 81.7 cm³/mol. The van der Waals surface area contributed by atoms with Crippen molar-refractivity contribution in [3.8, 4) is 22.0 Å². The van der Waals surface area contributed by atoms with Gasteiger partial charge < -0.3 is 5.11 Å². The Balaban J connectivity index is 2.10. The second-order valence-corrected chi connectivity index (χ2v) is 5.29. The van der Waals surface area contributed by atoms with Crippen molar-refractivity contribution in [3.05, 3.63) is 30.3 Å². The van der Waals surface area contributed by atoms with Crippen LogP contribution in [0.15, 0.2) is 30.3 Å².